The van der Waals surface area contributed by atoms with Crippen molar-refractivity contribution in [2.24, 2.45) is 11.8 Å². The number of hydrogen-bond donors (Lipinski definition) is 2. The van der Waals surface area contributed by atoms with Crippen LogP contribution in [0.25, 0.3) is 10.3 Å². The van der Waals surface area contributed by atoms with Crippen LogP contribution in [-0.2, 0) is 6.42 Å². The van der Waals surface area contributed by atoms with E-state index in [4.69, 9.17) is 5.73 Å². The Balaban J connectivity index is 1.25. The molecule has 2 aromatic heterocycles. The van der Waals surface area contributed by atoms with Crippen molar-refractivity contribution >= 4 is 39.0 Å². The summed E-state index contributed by atoms with van der Waals surface area (Å²) in [6.07, 6.45) is 5.29. The molecule has 2 fully saturated rings. The second kappa shape index (κ2) is 8.27. The molecule has 3 aromatic rings. The Hall–Kier alpha value is -2.81. The first-order valence-electron chi connectivity index (χ1n) is 10.9. The molecule has 2 bridgehead atoms. The first-order chi connectivity index (χ1) is 15.4. The summed E-state index contributed by atoms with van der Waals surface area (Å²) < 4.78 is 29.5. The molecule has 32 heavy (non-hydrogen) atoms. The number of nitrogens with zero attached hydrogens (tertiary/aromatic N) is 3. The Labute approximate surface area is 188 Å². The van der Waals surface area contributed by atoms with Gasteiger partial charge in [0.2, 0.25) is 0 Å². The average Bonchev–Trinajstić information content (AvgIpc) is 3.27. The van der Waals surface area contributed by atoms with E-state index in [0.29, 0.717) is 32.7 Å². The van der Waals surface area contributed by atoms with Crippen molar-refractivity contribution in [3.8, 4) is 0 Å². The molecule has 168 valence electrons. The summed E-state index contributed by atoms with van der Waals surface area (Å²) in [6.45, 7) is 3.63. The number of thiophene rings is 1. The van der Waals surface area contributed by atoms with E-state index in [1.54, 1.807) is 6.20 Å². The summed E-state index contributed by atoms with van der Waals surface area (Å²) in [5.74, 6) is -0.281. The maximum Gasteiger partial charge on any atom is 0.263 e. The van der Waals surface area contributed by atoms with E-state index in [0.717, 1.165) is 30.1 Å². The first-order valence-corrected chi connectivity index (χ1v) is 11.7. The van der Waals surface area contributed by atoms with Crippen molar-refractivity contribution in [1.82, 2.24) is 15.3 Å². The molecule has 0 spiro atoms. The summed E-state index contributed by atoms with van der Waals surface area (Å²) in [5.41, 5.74) is 8.14. The minimum Gasteiger partial charge on any atom is -0.396 e. The smallest absolute Gasteiger partial charge is 0.263 e. The number of nitrogen functional groups attached to an aromatic ring is 1. The Kier molecular flexibility index (Phi) is 5.44. The summed E-state index contributed by atoms with van der Waals surface area (Å²) in [4.78, 5) is 24.2. The number of carbonyl (C=O) groups excluding carboxylic acids is 1. The normalized spacial score (nSPS) is 20.2. The fourth-order valence-electron chi connectivity index (χ4n) is 4.95. The highest BCUT2D eigenvalue weighted by atomic mass is 32.1. The number of aromatic nitrogens is 2. The lowest BCUT2D eigenvalue weighted by Gasteiger charge is -2.33. The first kappa shape index (κ1) is 21.1. The third-order valence-electron chi connectivity index (χ3n) is 6.52. The van der Waals surface area contributed by atoms with Gasteiger partial charge in [0.15, 0.2) is 0 Å². The van der Waals surface area contributed by atoms with Gasteiger partial charge in [0.05, 0.1) is 11.4 Å². The number of carbonyl (C=O) groups is 1. The van der Waals surface area contributed by atoms with Crippen molar-refractivity contribution in [1.29, 1.82) is 0 Å². The van der Waals surface area contributed by atoms with E-state index >= 15 is 0 Å². The van der Waals surface area contributed by atoms with Gasteiger partial charge in [0, 0.05) is 37.1 Å². The minimum absolute atomic E-state index is 0.0164. The van der Waals surface area contributed by atoms with Crippen LogP contribution in [0.2, 0.25) is 0 Å². The number of halogens is 2. The number of benzene rings is 1. The van der Waals surface area contributed by atoms with E-state index in [1.807, 2.05) is 6.92 Å². The SMILES string of the molecule is Cc1cnc2c(N)c(C(=O)NCCc3c(F)cc(N4CC5CCC(C5)C4)cc3F)sc2n1. The van der Waals surface area contributed by atoms with Crippen molar-refractivity contribution < 1.29 is 13.6 Å². The molecule has 1 aliphatic carbocycles. The zero-order valence-corrected chi connectivity index (χ0v) is 18.6. The quantitative estimate of drug-likeness (QED) is 0.603. The van der Waals surface area contributed by atoms with Crippen LogP contribution in [0.3, 0.4) is 0 Å². The number of hydrogen-bond acceptors (Lipinski definition) is 6. The Bertz CT molecular complexity index is 1160. The number of nitrogens with two attached hydrogens (primary N) is 1. The average molecular weight is 458 g/mol. The fraction of sp³-hybridized carbons (Fsp3) is 0.435. The third kappa shape index (κ3) is 3.90. The molecule has 6 nitrogen and oxygen atoms in total. The molecule has 2 atom stereocenters. The van der Waals surface area contributed by atoms with Crippen LogP contribution in [0.5, 0.6) is 0 Å². The molecule has 2 unspecified atom stereocenters. The van der Waals surface area contributed by atoms with Crippen molar-refractivity contribution in [3.63, 3.8) is 0 Å². The highest BCUT2D eigenvalue weighted by Gasteiger charge is 2.33. The number of piperidine rings is 1. The van der Waals surface area contributed by atoms with Gasteiger partial charge in [-0.25, -0.2) is 18.7 Å². The van der Waals surface area contributed by atoms with Gasteiger partial charge in [-0.1, -0.05) is 0 Å². The third-order valence-corrected chi connectivity index (χ3v) is 7.61. The van der Waals surface area contributed by atoms with E-state index in [9.17, 15) is 13.6 Å². The largest absolute Gasteiger partial charge is 0.396 e. The molecule has 3 heterocycles. The van der Waals surface area contributed by atoms with Crippen molar-refractivity contribution in [2.45, 2.75) is 32.6 Å². The summed E-state index contributed by atoms with van der Waals surface area (Å²) in [6, 6.07) is 2.85. The van der Waals surface area contributed by atoms with Gasteiger partial charge in [-0.2, -0.15) is 0 Å². The predicted molar refractivity (Wildman–Crippen MR) is 122 cm³/mol. The molecule has 3 N–H and O–H groups in total. The molecule has 1 aliphatic heterocycles. The van der Waals surface area contributed by atoms with E-state index in [1.165, 1.54) is 31.4 Å². The lowest BCUT2D eigenvalue weighted by molar-refractivity contribution is 0.0958. The van der Waals surface area contributed by atoms with Crippen LogP contribution < -0.4 is 16.0 Å². The zero-order valence-electron chi connectivity index (χ0n) is 17.8. The van der Waals surface area contributed by atoms with Gasteiger partial charge in [-0.3, -0.25) is 4.79 Å². The van der Waals surface area contributed by atoms with Crippen LogP contribution in [0.1, 0.15) is 40.2 Å². The van der Waals surface area contributed by atoms with Gasteiger partial charge >= 0.3 is 0 Å². The minimum atomic E-state index is -0.572. The van der Waals surface area contributed by atoms with E-state index < -0.39 is 17.5 Å². The van der Waals surface area contributed by atoms with Crippen LogP contribution in [0.4, 0.5) is 20.2 Å². The highest BCUT2D eigenvalue weighted by Crippen LogP contribution is 2.38. The van der Waals surface area contributed by atoms with Crippen molar-refractivity contribution in [2.75, 3.05) is 30.3 Å². The molecule has 1 saturated heterocycles. The van der Waals surface area contributed by atoms with Gasteiger partial charge in [-0.15, -0.1) is 11.3 Å². The molecule has 5 rings (SSSR count). The number of nitrogens with one attached hydrogen (secondary N) is 1. The monoisotopic (exact) mass is 457 g/mol. The molecular weight excluding hydrogens is 432 g/mol. The maximum absolute atomic E-state index is 14.8. The predicted octanol–water partition coefficient (Wildman–Crippen LogP) is 4.07. The Morgan fingerprint density at radius 3 is 2.62 bits per heavy atom. The molecule has 2 aliphatic rings. The highest BCUT2D eigenvalue weighted by molar-refractivity contribution is 7.21. The molecule has 1 aromatic carbocycles. The summed E-state index contributed by atoms with van der Waals surface area (Å²) in [5, 5.41) is 2.71. The van der Waals surface area contributed by atoms with Crippen LogP contribution in [0.15, 0.2) is 18.3 Å². The molecule has 9 heteroatoms. The number of rotatable bonds is 5. The number of amides is 1. The zero-order chi connectivity index (χ0) is 22.4. The summed E-state index contributed by atoms with van der Waals surface area (Å²) >= 11 is 1.16. The molecule has 1 saturated carbocycles. The number of anilines is 2. The van der Waals surface area contributed by atoms with Crippen LogP contribution >= 0.6 is 11.3 Å². The lowest BCUT2D eigenvalue weighted by atomic mass is 9.98. The lowest BCUT2D eigenvalue weighted by Crippen LogP contribution is -2.36. The van der Waals surface area contributed by atoms with E-state index in [-0.39, 0.29) is 24.2 Å². The Morgan fingerprint density at radius 1 is 1.25 bits per heavy atom. The molecule has 1 amide bonds. The number of fused-ring (bicyclic) bond motifs is 3. The fourth-order valence-corrected chi connectivity index (χ4v) is 5.96. The second-order valence-electron chi connectivity index (χ2n) is 8.85. The topological polar surface area (TPSA) is 84.1 Å². The molecule has 0 radical (unpaired) electrons. The van der Waals surface area contributed by atoms with Crippen molar-refractivity contribution in [3.05, 3.63) is 46.1 Å². The Morgan fingerprint density at radius 2 is 1.94 bits per heavy atom. The maximum atomic E-state index is 14.8. The van der Waals surface area contributed by atoms with Gasteiger partial charge in [0.1, 0.15) is 26.9 Å². The van der Waals surface area contributed by atoms with Gasteiger partial charge < -0.3 is 16.0 Å². The summed E-state index contributed by atoms with van der Waals surface area (Å²) in [7, 11) is 0. The van der Waals surface area contributed by atoms with Gasteiger partial charge in [-0.05, 0) is 56.6 Å². The second-order valence-corrected chi connectivity index (χ2v) is 9.85. The standard InChI is InChI=1S/C23H25F2N5OS/c1-12-9-28-20-19(26)21(32-23(20)29-12)22(31)27-5-4-16-17(24)7-15(8-18(16)25)30-10-13-2-3-14(6-13)11-30/h7-9,13-14H,2-6,10-11,26H2,1H3,(H,27,31). The van der Waals surface area contributed by atoms with E-state index in [2.05, 4.69) is 20.2 Å². The van der Waals surface area contributed by atoms with Crippen LogP contribution in [0, 0.1) is 30.4 Å². The van der Waals surface area contributed by atoms with Crippen LogP contribution in [-0.4, -0.2) is 35.5 Å². The molecular formula is C23H25F2N5OS. The number of aryl methyl sites for hydroxylation is 1. The van der Waals surface area contributed by atoms with Gasteiger partial charge in [0.25, 0.3) is 5.91 Å².